The molecular formula is C13H19ClN2OS. The van der Waals surface area contributed by atoms with Gasteiger partial charge in [-0.3, -0.25) is 4.79 Å². The van der Waals surface area contributed by atoms with Gasteiger partial charge in [0.25, 0.3) is 0 Å². The number of halogens is 1. The van der Waals surface area contributed by atoms with E-state index in [9.17, 15) is 4.79 Å². The van der Waals surface area contributed by atoms with E-state index in [0.717, 1.165) is 36.7 Å². The first-order chi connectivity index (χ1) is 8.60. The SMILES string of the molecule is CC1(C(=O)NCCc2ccc(Cl)s2)CCCNC1. The Bertz CT molecular complexity index is 413. The van der Waals surface area contributed by atoms with E-state index in [-0.39, 0.29) is 11.3 Å². The number of amides is 1. The molecule has 1 aromatic rings. The van der Waals surface area contributed by atoms with Gasteiger partial charge < -0.3 is 10.6 Å². The highest BCUT2D eigenvalue weighted by Crippen LogP contribution is 2.25. The minimum absolute atomic E-state index is 0.164. The Hall–Kier alpha value is -0.580. The van der Waals surface area contributed by atoms with E-state index in [4.69, 9.17) is 11.6 Å². The van der Waals surface area contributed by atoms with E-state index in [1.807, 2.05) is 19.1 Å². The predicted octanol–water partition coefficient (Wildman–Crippen LogP) is 2.45. The molecule has 0 spiro atoms. The van der Waals surface area contributed by atoms with Crippen LogP contribution in [0.2, 0.25) is 4.34 Å². The third-order valence-electron chi connectivity index (χ3n) is 3.43. The molecule has 3 nitrogen and oxygen atoms in total. The molecule has 1 aliphatic rings. The summed E-state index contributed by atoms with van der Waals surface area (Å²) in [6.07, 6.45) is 2.90. The molecule has 1 atom stereocenters. The summed E-state index contributed by atoms with van der Waals surface area (Å²) in [6, 6.07) is 3.92. The summed E-state index contributed by atoms with van der Waals surface area (Å²) in [5.74, 6) is 0.164. The van der Waals surface area contributed by atoms with E-state index in [1.165, 1.54) is 4.88 Å². The van der Waals surface area contributed by atoms with Gasteiger partial charge in [-0.25, -0.2) is 0 Å². The van der Waals surface area contributed by atoms with Gasteiger partial charge >= 0.3 is 0 Å². The van der Waals surface area contributed by atoms with Crippen LogP contribution in [0.5, 0.6) is 0 Å². The fourth-order valence-electron chi connectivity index (χ4n) is 2.25. The lowest BCUT2D eigenvalue weighted by atomic mass is 9.82. The summed E-state index contributed by atoms with van der Waals surface area (Å²) in [4.78, 5) is 13.4. The van der Waals surface area contributed by atoms with Crippen LogP contribution in [0.15, 0.2) is 12.1 Å². The second kappa shape index (κ2) is 6.04. The molecule has 1 saturated heterocycles. The van der Waals surface area contributed by atoms with Gasteiger partial charge in [-0.1, -0.05) is 11.6 Å². The molecule has 0 saturated carbocycles. The standard InChI is InChI=1S/C13H19ClN2OS/c1-13(6-2-7-15-9-13)12(17)16-8-5-10-3-4-11(14)18-10/h3-4,15H,2,5-9H2,1H3,(H,16,17). The first-order valence-electron chi connectivity index (χ1n) is 6.33. The molecule has 18 heavy (non-hydrogen) atoms. The van der Waals surface area contributed by atoms with E-state index in [0.29, 0.717) is 6.54 Å². The topological polar surface area (TPSA) is 41.1 Å². The summed E-state index contributed by atoms with van der Waals surface area (Å²) in [7, 11) is 0. The quantitative estimate of drug-likeness (QED) is 0.893. The molecule has 1 aromatic heterocycles. The summed E-state index contributed by atoms with van der Waals surface area (Å²) >= 11 is 7.44. The van der Waals surface area contributed by atoms with Crippen LogP contribution in [0.1, 0.15) is 24.6 Å². The van der Waals surface area contributed by atoms with Crippen molar-refractivity contribution in [1.29, 1.82) is 0 Å². The maximum Gasteiger partial charge on any atom is 0.227 e. The van der Waals surface area contributed by atoms with Gasteiger partial charge in [0.05, 0.1) is 9.75 Å². The Morgan fingerprint density at radius 1 is 1.61 bits per heavy atom. The first-order valence-corrected chi connectivity index (χ1v) is 7.53. The maximum atomic E-state index is 12.1. The Morgan fingerprint density at radius 2 is 2.44 bits per heavy atom. The van der Waals surface area contributed by atoms with Crippen LogP contribution in [0.3, 0.4) is 0 Å². The Balaban J connectivity index is 1.77. The predicted molar refractivity (Wildman–Crippen MR) is 76.3 cm³/mol. The summed E-state index contributed by atoms with van der Waals surface area (Å²) in [5.41, 5.74) is -0.245. The zero-order chi connectivity index (χ0) is 13.0. The molecule has 5 heteroatoms. The fraction of sp³-hybridized carbons (Fsp3) is 0.615. The third kappa shape index (κ3) is 3.46. The number of hydrogen-bond donors (Lipinski definition) is 2. The number of hydrogen-bond acceptors (Lipinski definition) is 3. The monoisotopic (exact) mass is 286 g/mol. The van der Waals surface area contributed by atoms with Gasteiger partial charge in [-0.2, -0.15) is 0 Å². The van der Waals surface area contributed by atoms with Crippen molar-refractivity contribution in [3.05, 3.63) is 21.3 Å². The number of piperidine rings is 1. The molecule has 1 unspecified atom stereocenters. The lowest BCUT2D eigenvalue weighted by molar-refractivity contribution is -0.131. The van der Waals surface area contributed by atoms with Crippen molar-refractivity contribution < 1.29 is 4.79 Å². The van der Waals surface area contributed by atoms with Gasteiger partial charge in [-0.05, 0) is 44.9 Å². The molecule has 100 valence electrons. The smallest absolute Gasteiger partial charge is 0.227 e. The average Bonchev–Trinajstić information content (AvgIpc) is 2.76. The van der Waals surface area contributed by atoms with E-state index >= 15 is 0 Å². The molecule has 1 amide bonds. The Kier molecular flexibility index (Phi) is 4.65. The van der Waals surface area contributed by atoms with Crippen molar-refractivity contribution in [2.45, 2.75) is 26.2 Å². The van der Waals surface area contributed by atoms with Crippen LogP contribution in [0.4, 0.5) is 0 Å². The van der Waals surface area contributed by atoms with Crippen LogP contribution in [0, 0.1) is 5.41 Å². The van der Waals surface area contributed by atoms with Gasteiger partial charge in [0.1, 0.15) is 0 Å². The minimum atomic E-state index is -0.245. The van der Waals surface area contributed by atoms with Gasteiger partial charge in [-0.15, -0.1) is 11.3 Å². The van der Waals surface area contributed by atoms with Crippen LogP contribution >= 0.6 is 22.9 Å². The van der Waals surface area contributed by atoms with Crippen molar-refractivity contribution in [2.75, 3.05) is 19.6 Å². The van der Waals surface area contributed by atoms with Crippen LogP contribution in [-0.4, -0.2) is 25.5 Å². The van der Waals surface area contributed by atoms with Crippen molar-refractivity contribution in [2.24, 2.45) is 5.41 Å². The zero-order valence-corrected chi connectivity index (χ0v) is 12.2. The Morgan fingerprint density at radius 3 is 3.06 bits per heavy atom. The summed E-state index contributed by atoms with van der Waals surface area (Å²) in [6.45, 7) is 4.53. The number of carbonyl (C=O) groups excluding carboxylic acids is 1. The maximum absolute atomic E-state index is 12.1. The number of carbonyl (C=O) groups is 1. The van der Waals surface area contributed by atoms with E-state index in [2.05, 4.69) is 10.6 Å². The molecule has 0 aromatic carbocycles. The third-order valence-corrected chi connectivity index (χ3v) is 4.72. The molecule has 2 N–H and O–H groups in total. The van der Waals surface area contributed by atoms with Crippen LogP contribution in [-0.2, 0) is 11.2 Å². The second-order valence-electron chi connectivity index (χ2n) is 5.05. The van der Waals surface area contributed by atoms with Gasteiger partial charge in [0.2, 0.25) is 5.91 Å². The molecule has 2 rings (SSSR count). The molecule has 1 fully saturated rings. The largest absolute Gasteiger partial charge is 0.355 e. The summed E-state index contributed by atoms with van der Waals surface area (Å²) < 4.78 is 0.805. The fourth-order valence-corrected chi connectivity index (χ4v) is 3.34. The highest BCUT2D eigenvalue weighted by Gasteiger charge is 2.34. The van der Waals surface area contributed by atoms with Crippen LogP contribution in [0.25, 0.3) is 0 Å². The van der Waals surface area contributed by atoms with Crippen molar-refractivity contribution in [1.82, 2.24) is 10.6 Å². The van der Waals surface area contributed by atoms with Gasteiger partial charge in [0.15, 0.2) is 0 Å². The first kappa shape index (κ1) is 13.8. The number of nitrogens with one attached hydrogen (secondary N) is 2. The second-order valence-corrected chi connectivity index (χ2v) is 6.85. The lowest BCUT2D eigenvalue weighted by Crippen LogP contribution is -2.49. The number of thiophene rings is 1. The molecule has 0 aliphatic carbocycles. The normalized spacial score (nSPS) is 23.9. The molecule has 0 bridgehead atoms. The summed E-state index contributed by atoms with van der Waals surface area (Å²) in [5, 5.41) is 6.33. The van der Waals surface area contributed by atoms with Crippen molar-refractivity contribution >= 4 is 28.8 Å². The van der Waals surface area contributed by atoms with E-state index < -0.39 is 0 Å². The number of rotatable bonds is 4. The van der Waals surface area contributed by atoms with Gasteiger partial charge in [0, 0.05) is 18.0 Å². The Labute approximate surface area is 117 Å². The highest BCUT2D eigenvalue weighted by atomic mass is 35.5. The van der Waals surface area contributed by atoms with Crippen LogP contribution < -0.4 is 10.6 Å². The molecular weight excluding hydrogens is 268 g/mol. The van der Waals surface area contributed by atoms with Crippen molar-refractivity contribution in [3.63, 3.8) is 0 Å². The molecule has 2 heterocycles. The average molecular weight is 287 g/mol. The lowest BCUT2D eigenvalue weighted by Gasteiger charge is -2.32. The minimum Gasteiger partial charge on any atom is -0.355 e. The molecule has 1 aliphatic heterocycles. The van der Waals surface area contributed by atoms with E-state index in [1.54, 1.807) is 11.3 Å². The molecule has 0 radical (unpaired) electrons. The zero-order valence-electron chi connectivity index (χ0n) is 10.6. The highest BCUT2D eigenvalue weighted by molar-refractivity contribution is 7.16. The van der Waals surface area contributed by atoms with Crippen molar-refractivity contribution in [3.8, 4) is 0 Å².